The number of alkyl halides is 2. The first-order valence-corrected chi connectivity index (χ1v) is 7.50. The van der Waals surface area contributed by atoms with Crippen molar-refractivity contribution in [1.29, 1.82) is 0 Å². The van der Waals surface area contributed by atoms with Gasteiger partial charge in [0.2, 0.25) is 0 Å². The zero-order chi connectivity index (χ0) is 8.10. The van der Waals surface area contributed by atoms with E-state index in [2.05, 4.69) is 44.7 Å². The van der Waals surface area contributed by atoms with E-state index in [1.54, 1.807) is 0 Å². The van der Waals surface area contributed by atoms with Gasteiger partial charge in [0.05, 0.1) is 0 Å². The third kappa shape index (κ3) is 3.03. The molecule has 0 N–H and O–H groups in total. The predicted octanol–water partition coefficient (Wildman–Crippen LogP) is 3.48. The number of halogens is 2. The van der Waals surface area contributed by atoms with E-state index >= 15 is 0 Å². The highest BCUT2D eigenvalue weighted by Gasteiger charge is 1.90. The van der Waals surface area contributed by atoms with Crippen LogP contribution in [-0.4, -0.2) is 4.51 Å². The smallest absolute Gasteiger partial charge is 0.0283 e. The van der Waals surface area contributed by atoms with Gasteiger partial charge in [-0.2, -0.15) is 0 Å². The van der Waals surface area contributed by atoms with E-state index < -0.39 is 0 Å². The molecule has 0 heterocycles. The molecule has 0 aliphatic rings. The molecular weight excluding hydrogens is 315 g/mol. The van der Waals surface area contributed by atoms with Gasteiger partial charge >= 0.3 is 0 Å². The molecule has 2 heteroatoms. The van der Waals surface area contributed by atoms with Crippen LogP contribution in [0.5, 0.6) is 0 Å². The molecule has 1 rings (SSSR count). The van der Waals surface area contributed by atoms with Crippen molar-refractivity contribution in [1.82, 2.24) is 0 Å². The summed E-state index contributed by atoms with van der Waals surface area (Å²) in [5.74, 6) is 0. The summed E-state index contributed by atoms with van der Waals surface area (Å²) in [6.45, 7) is 0. The first kappa shape index (κ1) is 9.39. The Kier molecular flexibility index (Phi) is 4.30. The van der Waals surface area contributed by atoms with Crippen LogP contribution < -0.4 is 0 Å². The van der Waals surface area contributed by atoms with Gasteiger partial charge in [-0.1, -0.05) is 44.7 Å². The molecule has 0 fully saturated rings. The summed E-state index contributed by atoms with van der Waals surface area (Å²) in [6.07, 6.45) is 0. The number of rotatable bonds is 3. The second kappa shape index (κ2) is 5.04. The van der Waals surface area contributed by atoms with Crippen molar-refractivity contribution < 1.29 is 0 Å². The summed E-state index contributed by atoms with van der Waals surface area (Å²) in [5, 5.41) is 0.951. The third-order valence-electron chi connectivity index (χ3n) is 1.43. The molecule has 0 saturated carbocycles. The Morgan fingerprint density at radius 1 is 1.18 bits per heavy atom. The van der Waals surface area contributed by atoms with Gasteiger partial charge in [0.15, 0.2) is 0 Å². The highest BCUT2D eigenvalue weighted by molar-refractivity contribution is 14.2. The maximum atomic E-state index is 3.92. The Bertz CT molecular complexity index is 228. The van der Waals surface area contributed by atoms with E-state index in [1.165, 1.54) is 15.6 Å². The largest absolute Gasteiger partial charge is 0.126 e. The molecule has 1 aromatic rings. The average molecular weight is 325 g/mol. The molecular formula is C9H10BrI. The van der Waals surface area contributed by atoms with Gasteiger partial charge < -0.3 is 0 Å². The van der Waals surface area contributed by atoms with Crippen molar-refractivity contribution in [2.24, 2.45) is 0 Å². The van der Waals surface area contributed by atoms with E-state index in [9.17, 15) is 0 Å². The molecule has 0 atom stereocenters. The zero-order valence-electron chi connectivity index (χ0n) is 6.19. The lowest BCUT2D eigenvalue weighted by Gasteiger charge is -1.97. The molecule has 0 aliphatic heterocycles. The van der Waals surface area contributed by atoms with E-state index in [0.717, 1.165) is 5.33 Å². The normalized spacial score (nSPS) is 9.91. The fraction of sp³-hybridized carbons (Fsp3) is 0.222. The fourth-order valence-corrected chi connectivity index (χ4v) is 2.33. The lowest BCUT2D eigenvalue weighted by atomic mass is 10.2. The molecule has 0 spiro atoms. The second-order valence-electron chi connectivity index (χ2n) is 2.27. The van der Waals surface area contributed by atoms with E-state index in [-0.39, 0.29) is 20.7 Å². The van der Waals surface area contributed by atoms with Gasteiger partial charge in [-0.15, -0.1) is 20.7 Å². The van der Waals surface area contributed by atoms with Gasteiger partial charge in [0, 0.05) is 9.76 Å². The van der Waals surface area contributed by atoms with Gasteiger partial charge in [-0.25, -0.2) is 0 Å². The van der Waals surface area contributed by atoms with Crippen molar-refractivity contribution in [2.45, 2.75) is 9.76 Å². The van der Waals surface area contributed by atoms with Crippen LogP contribution in [0.15, 0.2) is 24.3 Å². The predicted molar refractivity (Wildman–Crippen MR) is 63.9 cm³/mol. The zero-order valence-corrected chi connectivity index (χ0v) is 9.93. The van der Waals surface area contributed by atoms with Gasteiger partial charge in [-0.3, -0.25) is 0 Å². The Labute approximate surface area is 85.9 Å². The maximum Gasteiger partial charge on any atom is 0.0283 e. The standard InChI is InChI=1S/C9H10BrI/c1-11-7-9-4-2-8(6-10)3-5-9/h2-5H,1,6-7H2. The molecule has 0 bridgehead atoms. The second-order valence-corrected chi connectivity index (χ2v) is 4.68. The van der Waals surface area contributed by atoms with E-state index in [4.69, 9.17) is 0 Å². The summed E-state index contributed by atoms with van der Waals surface area (Å²) in [6, 6.07) is 8.73. The monoisotopic (exact) mass is 324 g/mol. The van der Waals surface area contributed by atoms with Crippen LogP contribution >= 0.6 is 36.7 Å². The fourth-order valence-electron chi connectivity index (χ4n) is 0.827. The van der Waals surface area contributed by atoms with Crippen LogP contribution in [0.25, 0.3) is 0 Å². The highest BCUT2D eigenvalue weighted by Crippen LogP contribution is 2.12. The SMILES string of the molecule is C=ICc1ccc(CBr)cc1. The third-order valence-corrected chi connectivity index (χ3v) is 3.49. The van der Waals surface area contributed by atoms with Crippen molar-refractivity contribution >= 4 is 41.2 Å². The molecule has 0 saturated heterocycles. The summed E-state index contributed by atoms with van der Waals surface area (Å²) >= 11 is 3.57. The van der Waals surface area contributed by atoms with Crippen LogP contribution in [0, 0.1) is 0 Å². The van der Waals surface area contributed by atoms with Gasteiger partial charge in [0.1, 0.15) is 0 Å². The first-order valence-electron chi connectivity index (χ1n) is 3.33. The Hall–Kier alpha value is 0.300. The topological polar surface area (TPSA) is 0 Å². The molecule has 0 aliphatic carbocycles. The molecule has 11 heavy (non-hydrogen) atoms. The minimum atomic E-state index is 0.153. The average Bonchev–Trinajstić information content (AvgIpc) is 2.07. The van der Waals surface area contributed by atoms with Gasteiger partial charge in [-0.05, 0) is 11.1 Å². The number of benzene rings is 1. The first-order chi connectivity index (χ1) is 5.36. The number of hydrogen-bond donors (Lipinski definition) is 0. The summed E-state index contributed by atoms with van der Waals surface area (Å²) < 4.78 is 5.12. The van der Waals surface area contributed by atoms with Crippen molar-refractivity contribution in [2.75, 3.05) is 0 Å². The van der Waals surface area contributed by atoms with Crippen molar-refractivity contribution in [3.63, 3.8) is 0 Å². The van der Waals surface area contributed by atoms with Gasteiger partial charge in [0.25, 0.3) is 0 Å². The molecule has 1 aromatic carbocycles. The van der Waals surface area contributed by atoms with Crippen molar-refractivity contribution in [3.8, 4) is 0 Å². The molecule has 0 aromatic heterocycles. The highest BCUT2D eigenvalue weighted by atomic mass is 127. The number of hydrogen-bond acceptors (Lipinski definition) is 0. The van der Waals surface area contributed by atoms with Crippen LogP contribution in [0.1, 0.15) is 11.1 Å². The van der Waals surface area contributed by atoms with Crippen LogP contribution in [-0.2, 0) is 9.76 Å². The van der Waals surface area contributed by atoms with Crippen LogP contribution in [0.4, 0.5) is 0 Å². The summed E-state index contributed by atoms with van der Waals surface area (Å²) in [4.78, 5) is 0. The van der Waals surface area contributed by atoms with E-state index in [1.807, 2.05) is 0 Å². The minimum absolute atomic E-state index is 0.153. The lowest BCUT2D eigenvalue weighted by molar-refractivity contribution is 1.37. The molecule has 60 valence electrons. The van der Waals surface area contributed by atoms with Crippen LogP contribution in [0.2, 0.25) is 0 Å². The Morgan fingerprint density at radius 3 is 2.18 bits per heavy atom. The summed E-state index contributed by atoms with van der Waals surface area (Å²) in [5.41, 5.74) is 2.77. The summed E-state index contributed by atoms with van der Waals surface area (Å²) in [7, 11) is 0. The molecule has 0 amide bonds. The molecule has 0 radical (unpaired) electrons. The maximum absolute atomic E-state index is 3.92. The Balaban J connectivity index is 2.74. The quantitative estimate of drug-likeness (QED) is 0.590. The minimum Gasteiger partial charge on any atom is -0.126 e. The molecule has 0 nitrogen and oxygen atoms in total. The van der Waals surface area contributed by atoms with Crippen molar-refractivity contribution in [3.05, 3.63) is 35.4 Å². The van der Waals surface area contributed by atoms with Crippen LogP contribution in [0.3, 0.4) is 0 Å². The Morgan fingerprint density at radius 2 is 1.73 bits per heavy atom. The lowest BCUT2D eigenvalue weighted by Crippen LogP contribution is -1.79. The molecule has 0 unspecified atom stereocenters. The van der Waals surface area contributed by atoms with E-state index in [0.29, 0.717) is 0 Å².